The second-order valence-corrected chi connectivity index (χ2v) is 6.37. The molecular formula is C13H23NO3. The molecule has 1 N–H and O–H groups in total. The van der Waals surface area contributed by atoms with Crippen molar-refractivity contribution in [3.8, 4) is 0 Å². The molecule has 2 saturated heterocycles. The number of rotatable bonds is 1. The van der Waals surface area contributed by atoms with E-state index in [-0.39, 0.29) is 24.2 Å². The average Bonchev–Trinajstić information content (AvgIpc) is 2.18. The highest BCUT2D eigenvalue weighted by molar-refractivity contribution is 5.75. The number of hydroxylamine groups is 2. The number of carbonyl (C=O) groups is 1. The van der Waals surface area contributed by atoms with Crippen molar-refractivity contribution in [2.24, 2.45) is 5.41 Å². The molecule has 0 amide bonds. The molecule has 2 aliphatic heterocycles. The molecular weight excluding hydrogens is 218 g/mol. The zero-order valence-electron chi connectivity index (χ0n) is 11.0. The lowest BCUT2D eigenvalue weighted by Crippen LogP contribution is -2.52. The quantitative estimate of drug-likeness (QED) is 0.716. The average molecular weight is 241 g/mol. The van der Waals surface area contributed by atoms with Gasteiger partial charge in [0.1, 0.15) is 6.10 Å². The van der Waals surface area contributed by atoms with E-state index in [1.54, 1.807) is 0 Å². The van der Waals surface area contributed by atoms with Crippen molar-refractivity contribution >= 4 is 5.97 Å². The number of hydrogen-bond acceptors (Lipinski definition) is 4. The standard InChI is InChI=1S/C13H23NO3/c1-13(2,3)12(15)17-11-7-9-5-4-6-10(8-11)14(9)16/h9-11,16H,4-8H2,1-3H3/t9-,10+,11?. The van der Waals surface area contributed by atoms with Crippen molar-refractivity contribution in [1.29, 1.82) is 0 Å². The van der Waals surface area contributed by atoms with Crippen LogP contribution in [0.15, 0.2) is 0 Å². The molecule has 0 aromatic heterocycles. The maximum absolute atomic E-state index is 11.8. The molecule has 2 heterocycles. The van der Waals surface area contributed by atoms with Crippen molar-refractivity contribution < 1.29 is 14.7 Å². The molecule has 2 bridgehead atoms. The molecule has 1 unspecified atom stereocenters. The highest BCUT2D eigenvalue weighted by Gasteiger charge is 2.40. The van der Waals surface area contributed by atoms with Gasteiger partial charge in [-0.2, -0.15) is 5.06 Å². The van der Waals surface area contributed by atoms with E-state index in [9.17, 15) is 10.0 Å². The molecule has 0 aliphatic carbocycles. The van der Waals surface area contributed by atoms with Crippen LogP contribution in [0.3, 0.4) is 0 Å². The summed E-state index contributed by atoms with van der Waals surface area (Å²) in [5.41, 5.74) is -0.439. The molecule has 4 nitrogen and oxygen atoms in total. The first-order valence-electron chi connectivity index (χ1n) is 6.56. The Hall–Kier alpha value is -0.610. The first-order chi connectivity index (χ1) is 7.88. The molecule has 0 aromatic rings. The zero-order chi connectivity index (χ0) is 12.6. The van der Waals surface area contributed by atoms with Gasteiger partial charge in [0.2, 0.25) is 0 Å². The Morgan fingerprint density at radius 1 is 1.24 bits per heavy atom. The summed E-state index contributed by atoms with van der Waals surface area (Å²) in [5, 5.41) is 11.4. The van der Waals surface area contributed by atoms with Gasteiger partial charge in [-0.1, -0.05) is 6.42 Å². The molecule has 2 rings (SSSR count). The number of piperidine rings is 2. The second kappa shape index (κ2) is 4.58. The largest absolute Gasteiger partial charge is 0.462 e. The minimum absolute atomic E-state index is 0.0135. The maximum Gasteiger partial charge on any atom is 0.311 e. The van der Waals surface area contributed by atoms with Crippen molar-refractivity contribution in [1.82, 2.24) is 5.06 Å². The minimum atomic E-state index is -0.439. The van der Waals surface area contributed by atoms with Crippen LogP contribution in [0.1, 0.15) is 52.9 Å². The van der Waals surface area contributed by atoms with Gasteiger partial charge in [0.15, 0.2) is 0 Å². The third kappa shape index (κ3) is 2.80. The summed E-state index contributed by atoms with van der Waals surface area (Å²) in [4.78, 5) is 11.8. The van der Waals surface area contributed by atoms with E-state index in [4.69, 9.17) is 4.74 Å². The van der Waals surface area contributed by atoms with Crippen LogP contribution in [0.5, 0.6) is 0 Å². The number of esters is 1. The first-order valence-corrected chi connectivity index (χ1v) is 6.56. The molecule has 4 heteroatoms. The van der Waals surface area contributed by atoms with E-state index >= 15 is 0 Å². The predicted molar refractivity (Wildman–Crippen MR) is 63.6 cm³/mol. The molecule has 98 valence electrons. The van der Waals surface area contributed by atoms with Crippen molar-refractivity contribution in [3.63, 3.8) is 0 Å². The molecule has 2 aliphatic rings. The summed E-state index contributed by atoms with van der Waals surface area (Å²) in [5.74, 6) is -0.132. The van der Waals surface area contributed by atoms with Gasteiger partial charge in [-0.05, 0) is 33.6 Å². The van der Waals surface area contributed by atoms with Gasteiger partial charge in [-0.15, -0.1) is 0 Å². The topological polar surface area (TPSA) is 49.8 Å². The van der Waals surface area contributed by atoms with Gasteiger partial charge in [0.25, 0.3) is 0 Å². The normalized spacial score (nSPS) is 34.5. The molecule has 2 fully saturated rings. The van der Waals surface area contributed by atoms with Gasteiger partial charge in [0, 0.05) is 24.9 Å². The highest BCUT2D eigenvalue weighted by Crippen LogP contribution is 2.34. The summed E-state index contributed by atoms with van der Waals surface area (Å²) in [6.07, 6.45) is 4.73. The lowest BCUT2D eigenvalue weighted by Gasteiger charge is -2.44. The van der Waals surface area contributed by atoms with Crippen LogP contribution in [0.2, 0.25) is 0 Å². The number of ether oxygens (including phenoxy) is 1. The van der Waals surface area contributed by atoms with Crippen LogP contribution in [-0.4, -0.2) is 34.4 Å². The third-order valence-corrected chi connectivity index (χ3v) is 3.78. The smallest absolute Gasteiger partial charge is 0.311 e. The van der Waals surface area contributed by atoms with Crippen LogP contribution in [0.25, 0.3) is 0 Å². The predicted octanol–water partition coefficient (Wildman–Crippen LogP) is 2.35. The van der Waals surface area contributed by atoms with E-state index < -0.39 is 5.41 Å². The Balaban J connectivity index is 1.94. The zero-order valence-corrected chi connectivity index (χ0v) is 11.0. The first kappa shape index (κ1) is 12.8. The van der Waals surface area contributed by atoms with Gasteiger partial charge < -0.3 is 9.94 Å². The fraction of sp³-hybridized carbons (Fsp3) is 0.923. The van der Waals surface area contributed by atoms with E-state index in [2.05, 4.69) is 0 Å². The second-order valence-electron chi connectivity index (χ2n) is 6.37. The van der Waals surface area contributed by atoms with Gasteiger partial charge in [-0.3, -0.25) is 4.79 Å². The molecule has 0 saturated carbocycles. The van der Waals surface area contributed by atoms with Crippen LogP contribution < -0.4 is 0 Å². The number of carbonyl (C=O) groups excluding carboxylic acids is 1. The summed E-state index contributed by atoms with van der Waals surface area (Å²) >= 11 is 0. The maximum atomic E-state index is 11.8. The van der Waals surface area contributed by atoms with E-state index in [0.717, 1.165) is 25.7 Å². The third-order valence-electron chi connectivity index (χ3n) is 3.78. The fourth-order valence-electron chi connectivity index (χ4n) is 2.73. The monoisotopic (exact) mass is 241 g/mol. The molecule has 0 radical (unpaired) electrons. The molecule has 17 heavy (non-hydrogen) atoms. The Labute approximate surface area is 103 Å². The molecule has 3 atom stereocenters. The molecule has 0 aromatic carbocycles. The highest BCUT2D eigenvalue weighted by atomic mass is 16.5. The number of fused-ring (bicyclic) bond motifs is 2. The fourth-order valence-corrected chi connectivity index (χ4v) is 2.73. The summed E-state index contributed by atoms with van der Waals surface area (Å²) in [6, 6.07) is 0.362. The van der Waals surface area contributed by atoms with Gasteiger partial charge in [0.05, 0.1) is 5.41 Å². The Bertz CT molecular complexity index is 284. The van der Waals surface area contributed by atoms with Crippen molar-refractivity contribution in [2.45, 2.75) is 71.1 Å². The van der Waals surface area contributed by atoms with E-state index in [1.165, 1.54) is 11.5 Å². The SMILES string of the molecule is CC(C)(C)C(=O)OC1C[C@H]2CCC[C@@H](C1)N2O. The summed E-state index contributed by atoms with van der Waals surface area (Å²) < 4.78 is 5.56. The van der Waals surface area contributed by atoms with Gasteiger partial charge in [-0.25, -0.2) is 0 Å². The summed E-state index contributed by atoms with van der Waals surface area (Å²) in [6.45, 7) is 5.62. The Morgan fingerprint density at radius 3 is 2.24 bits per heavy atom. The number of hydrogen-bond donors (Lipinski definition) is 1. The van der Waals surface area contributed by atoms with Gasteiger partial charge >= 0.3 is 5.97 Å². The Kier molecular flexibility index (Phi) is 3.46. The van der Waals surface area contributed by atoms with Crippen molar-refractivity contribution in [3.05, 3.63) is 0 Å². The van der Waals surface area contributed by atoms with Crippen LogP contribution >= 0.6 is 0 Å². The lowest BCUT2D eigenvalue weighted by molar-refractivity contribution is -0.217. The molecule has 0 spiro atoms. The minimum Gasteiger partial charge on any atom is -0.462 e. The van der Waals surface area contributed by atoms with Crippen LogP contribution in [0, 0.1) is 5.41 Å². The van der Waals surface area contributed by atoms with E-state index in [0.29, 0.717) is 0 Å². The van der Waals surface area contributed by atoms with Crippen LogP contribution in [-0.2, 0) is 9.53 Å². The number of nitrogens with zero attached hydrogens (tertiary/aromatic N) is 1. The Morgan fingerprint density at radius 2 is 1.76 bits per heavy atom. The van der Waals surface area contributed by atoms with E-state index in [1.807, 2.05) is 20.8 Å². The van der Waals surface area contributed by atoms with Crippen LogP contribution in [0.4, 0.5) is 0 Å². The van der Waals surface area contributed by atoms with Crippen molar-refractivity contribution in [2.75, 3.05) is 0 Å². The lowest BCUT2D eigenvalue weighted by atomic mass is 9.84. The summed E-state index contributed by atoms with van der Waals surface area (Å²) in [7, 11) is 0.